The van der Waals surface area contributed by atoms with E-state index in [4.69, 9.17) is 14.9 Å². The van der Waals surface area contributed by atoms with Crippen molar-refractivity contribution < 1.29 is 9.15 Å². The van der Waals surface area contributed by atoms with Crippen molar-refractivity contribution in [1.82, 2.24) is 0 Å². The van der Waals surface area contributed by atoms with E-state index < -0.39 is 0 Å². The van der Waals surface area contributed by atoms with Gasteiger partial charge in [-0.25, -0.2) is 0 Å². The minimum atomic E-state index is -0.186. The molecule has 3 heteroatoms. The summed E-state index contributed by atoms with van der Waals surface area (Å²) in [6.07, 6.45) is 1.66. The molecular formula is C18H17NO2. The minimum absolute atomic E-state index is 0.186. The number of benzene rings is 2. The van der Waals surface area contributed by atoms with Gasteiger partial charge < -0.3 is 14.9 Å². The highest BCUT2D eigenvalue weighted by atomic mass is 16.5. The maximum atomic E-state index is 6.26. The molecule has 1 atom stereocenters. The number of aryl methyl sites for hydroxylation is 1. The molecule has 1 unspecified atom stereocenters. The first kappa shape index (κ1) is 13.5. The Labute approximate surface area is 124 Å². The molecule has 1 aromatic heterocycles. The number of nitrogens with two attached hydrogens (primary N) is 1. The highest BCUT2D eigenvalue weighted by molar-refractivity contribution is 5.37. The molecule has 0 fully saturated rings. The van der Waals surface area contributed by atoms with Gasteiger partial charge in [0.25, 0.3) is 0 Å². The van der Waals surface area contributed by atoms with E-state index >= 15 is 0 Å². The first-order valence-corrected chi connectivity index (χ1v) is 6.86. The molecule has 2 N–H and O–H groups in total. The lowest BCUT2D eigenvalue weighted by Crippen LogP contribution is -2.11. The third-order valence-electron chi connectivity index (χ3n) is 3.45. The molecule has 0 radical (unpaired) electrons. The van der Waals surface area contributed by atoms with Gasteiger partial charge in [0.05, 0.1) is 12.3 Å². The zero-order chi connectivity index (χ0) is 14.7. The molecular weight excluding hydrogens is 262 g/mol. The maximum Gasteiger partial charge on any atom is 0.127 e. The lowest BCUT2D eigenvalue weighted by Gasteiger charge is -2.12. The normalized spacial score (nSPS) is 12.1. The SMILES string of the molecule is Cc1occc1C(N)c1ccc(Oc2ccccc2)cc1. The molecule has 3 aromatic rings. The van der Waals surface area contributed by atoms with Crippen LogP contribution in [-0.2, 0) is 0 Å². The van der Waals surface area contributed by atoms with Crippen molar-refractivity contribution in [3.8, 4) is 11.5 Å². The molecule has 106 valence electrons. The number of para-hydroxylation sites is 1. The van der Waals surface area contributed by atoms with E-state index in [0.717, 1.165) is 28.4 Å². The van der Waals surface area contributed by atoms with Crippen LogP contribution in [-0.4, -0.2) is 0 Å². The second kappa shape index (κ2) is 5.85. The van der Waals surface area contributed by atoms with Gasteiger partial charge in [0.2, 0.25) is 0 Å². The van der Waals surface area contributed by atoms with Crippen molar-refractivity contribution >= 4 is 0 Å². The Morgan fingerprint density at radius 3 is 2.19 bits per heavy atom. The summed E-state index contributed by atoms with van der Waals surface area (Å²) in [6.45, 7) is 1.92. The summed E-state index contributed by atoms with van der Waals surface area (Å²) in [6, 6.07) is 19.2. The van der Waals surface area contributed by atoms with E-state index in [1.54, 1.807) is 6.26 Å². The summed E-state index contributed by atoms with van der Waals surface area (Å²) >= 11 is 0. The highest BCUT2D eigenvalue weighted by Gasteiger charge is 2.13. The Balaban J connectivity index is 1.77. The van der Waals surface area contributed by atoms with Crippen LogP contribution in [0.25, 0.3) is 0 Å². The van der Waals surface area contributed by atoms with Gasteiger partial charge in [-0.1, -0.05) is 30.3 Å². The molecule has 1 heterocycles. The molecule has 0 aliphatic rings. The van der Waals surface area contributed by atoms with E-state index in [0.29, 0.717) is 0 Å². The largest absolute Gasteiger partial charge is 0.469 e. The predicted molar refractivity (Wildman–Crippen MR) is 82.4 cm³/mol. The Bertz CT molecular complexity index is 702. The van der Waals surface area contributed by atoms with Gasteiger partial charge in [0, 0.05) is 5.56 Å². The molecule has 21 heavy (non-hydrogen) atoms. The number of furan rings is 1. The van der Waals surface area contributed by atoms with Gasteiger partial charge in [-0.3, -0.25) is 0 Å². The summed E-state index contributed by atoms with van der Waals surface area (Å²) in [7, 11) is 0. The molecule has 0 spiro atoms. The highest BCUT2D eigenvalue weighted by Crippen LogP contribution is 2.26. The molecule has 0 aliphatic heterocycles. The molecule has 3 nitrogen and oxygen atoms in total. The predicted octanol–water partition coefficient (Wildman–Crippen LogP) is 4.43. The summed E-state index contributed by atoms with van der Waals surface area (Å²) in [5.74, 6) is 2.47. The summed E-state index contributed by atoms with van der Waals surface area (Å²) in [5.41, 5.74) is 8.30. The van der Waals surface area contributed by atoms with Crippen LogP contribution >= 0.6 is 0 Å². The third-order valence-corrected chi connectivity index (χ3v) is 3.45. The van der Waals surface area contributed by atoms with Crippen LogP contribution in [0.1, 0.15) is 22.9 Å². The van der Waals surface area contributed by atoms with Crippen molar-refractivity contribution in [3.05, 3.63) is 83.8 Å². The molecule has 0 aliphatic carbocycles. The summed E-state index contributed by atoms with van der Waals surface area (Å²) < 4.78 is 11.1. The maximum absolute atomic E-state index is 6.26. The van der Waals surface area contributed by atoms with E-state index in [-0.39, 0.29) is 6.04 Å². The van der Waals surface area contributed by atoms with E-state index in [1.165, 1.54) is 0 Å². The summed E-state index contributed by atoms with van der Waals surface area (Å²) in [5, 5.41) is 0. The fraction of sp³-hybridized carbons (Fsp3) is 0.111. The van der Waals surface area contributed by atoms with E-state index in [2.05, 4.69) is 0 Å². The molecule has 0 amide bonds. The number of rotatable bonds is 4. The Hall–Kier alpha value is -2.52. The second-order valence-corrected chi connectivity index (χ2v) is 4.89. The minimum Gasteiger partial charge on any atom is -0.469 e. The van der Waals surface area contributed by atoms with Crippen molar-refractivity contribution in [2.75, 3.05) is 0 Å². The zero-order valence-corrected chi connectivity index (χ0v) is 11.8. The van der Waals surface area contributed by atoms with Crippen molar-refractivity contribution in [1.29, 1.82) is 0 Å². The van der Waals surface area contributed by atoms with Crippen LogP contribution in [0.3, 0.4) is 0 Å². The smallest absolute Gasteiger partial charge is 0.127 e. The topological polar surface area (TPSA) is 48.4 Å². The average Bonchev–Trinajstić information content (AvgIpc) is 2.94. The molecule has 0 saturated heterocycles. The van der Waals surface area contributed by atoms with Gasteiger partial charge >= 0.3 is 0 Å². The van der Waals surface area contributed by atoms with E-state index in [9.17, 15) is 0 Å². The lowest BCUT2D eigenvalue weighted by atomic mass is 10.0. The number of hydrogen-bond acceptors (Lipinski definition) is 3. The molecule has 2 aromatic carbocycles. The number of ether oxygens (including phenoxy) is 1. The number of hydrogen-bond donors (Lipinski definition) is 1. The Morgan fingerprint density at radius 1 is 0.905 bits per heavy atom. The molecule has 0 saturated carbocycles. The monoisotopic (exact) mass is 279 g/mol. The van der Waals surface area contributed by atoms with Gasteiger partial charge in [0.1, 0.15) is 17.3 Å². The fourth-order valence-corrected chi connectivity index (χ4v) is 2.26. The fourth-order valence-electron chi connectivity index (χ4n) is 2.26. The summed E-state index contributed by atoms with van der Waals surface area (Å²) in [4.78, 5) is 0. The zero-order valence-electron chi connectivity index (χ0n) is 11.8. The Morgan fingerprint density at radius 2 is 1.57 bits per heavy atom. The molecule has 0 bridgehead atoms. The van der Waals surface area contributed by atoms with Gasteiger partial charge in [0.15, 0.2) is 0 Å². The first-order valence-electron chi connectivity index (χ1n) is 6.86. The van der Waals surface area contributed by atoms with Crippen LogP contribution in [0.2, 0.25) is 0 Å². The molecule has 3 rings (SSSR count). The van der Waals surface area contributed by atoms with Gasteiger partial charge in [-0.15, -0.1) is 0 Å². The van der Waals surface area contributed by atoms with Crippen LogP contribution in [0.5, 0.6) is 11.5 Å². The average molecular weight is 279 g/mol. The third kappa shape index (κ3) is 2.98. The first-order chi connectivity index (χ1) is 10.2. The standard InChI is InChI=1S/C18H17NO2/c1-13-17(11-12-20-13)18(19)14-7-9-16(10-8-14)21-15-5-3-2-4-6-15/h2-12,18H,19H2,1H3. The van der Waals surface area contributed by atoms with Crippen LogP contribution in [0.4, 0.5) is 0 Å². The van der Waals surface area contributed by atoms with Crippen molar-refractivity contribution in [3.63, 3.8) is 0 Å². The van der Waals surface area contributed by atoms with Crippen molar-refractivity contribution in [2.45, 2.75) is 13.0 Å². The van der Waals surface area contributed by atoms with Crippen LogP contribution in [0, 0.1) is 6.92 Å². The second-order valence-electron chi connectivity index (χ2n) is 4.89. The lowest BCUT2D eigenvalue weighted by molar-refractivity contribution is 0.482. The van der Waals surface area contributed by atoms with Crippen LogP contribution in [0.15, 0.2) is 71.3 Å². The van der Waals surface area contributed by atoms with E-state index in [1.807, 2.05) is 67.6 Å². The quantitative estimate of drug-likeness (QED) is 0.768. The Kier molecular flexibility index (Phi) is 3.75. The van der Waals surface area contributed by atoms with Gasteiger partial charge in [-0.2, -0.15) is 0 Å². The van der Waals surface area contributed by atoms with Crippen LogP contribution < -0.4 is 10.5 Å². The van der Waals surface area contributed by atoms with Crippen molar-refractivity contribution in [2.24, 2.45) is 5.73 Å². The van der Waals surface area contributed by atoms with Gasteiger partial charge in [-0.05, 0) is 42.8 Å².